The molecule has 0 bridgehead atoms. The Hall–Kier alpha value is -0.870. The fourth-order valence-electron chi connectivity index (χ4n) is 2.32. The average molecular weight is 269 g/mol. The van der Waals surface area contributed by atoms with E-state index < -0.39 is 9.84 Å². The molecule has 0 spiro atoms. The van der Waals surface area contributed by atoms with Gasteiger partial charge in [0.15, 0.2) is 0 Å². The first-order valence-electron chi connectivity index (χ1n) is 6.28. The molecule has 18 heavy (non-hydrogen) atoms. The molecule has 0 heterocycles. The molecule has 0 amide bonds. The van der Waals surface area contributed by atoms with Crippen molar-refractivity contribution < 1.29 is 8.42 Å². The van der Waals surface area contributed by atoms with Gasteiger partial charge in [-0.05, 0) is 32.4 Å². The van der Waals surface area contributed by atoms with Gasteiger partial charge in [0.05, 0.1) is 5.75 Å². The zero-order valence-electron chi connectivity index (χ0n) is 11.7. The summed E-state index contributed by atoms with van der Waals surface area (Å²) in [6.07, 6.45) is 2.04. The maximum atomic E-state index is 11.4. The van der Waals surface area contributed by atoms with Crippen molar-refractivity contribution in [3.05, 3.63) is 34.9 Å². The molecule has 4 heteroatoms. The molecule has 0 aromatic heterocycles. The van der Waals surface area contributed by atoms with Gasteiger partial charge in [0, 0.05) is 12.3 Å². The van der Waals surface area contributed by atoms with Gasteiger partial charge in [-0.2, -0.15) is 0 Å². The van der Waals surface area contributed by atoms with Crippen LogP contribution in [-0.2, 0) is 16.3 Å². The first-order chi connectivity index (χ1) is 8.30. The molecule has 0 saturated heterocycles. The van der Waals surface area contributed by atoms with Gasteiger partial charge in [0.1, 0.15) is 9.84 Å². The molecule has 1 aromatic carbocycles. The van der Waals surface area contributed by atoms with Crippen LogP contribution in [0.1, 0.15) is 23.6 Å². The Bertz CT molecular complexity index is 474. The molecule has 1 unspecified atom stereocenters. The first kappa shape index (κ1) is 15.2. The third kappa shape index (κ3) is 5.65. The number of nitrogens with one attached hydrogen (secondary N) is 1. The van der Waals surface area contributed by atoms with Crippen molar-refractivity contribution in [3.8, 4) is 0 Å². The Kier molecular flexibility index (Phi) is 5.35. The average Bonchev–Trinajstić information content (AvgIpc) is 2.12. The molecule has 102 valence electrons. The number of hydrogen-bond acceptors (Lipinski definition) is 3. The monoisotopic (exact) mass is 269 g/mol. The fraction of sp³-hybridized carbons (Fsp3) is 0.571. The molecular formula is C14H23NO2S. The van der Waals surface area contributed by atoms with E-state index in [1.807, 2.05) is 6.92 Å². The highest BCUT2D eigenvalue weighted by molar-refractivity contribution is 7.90. The SMILES string of the molecule is CCNC(Cc1cc(C)cc(C)c1)CS(C)(=O)=O. The maximum Gasteiger partial charge on any atom is 0.148 e. The van der Waals surface area contributed by atoms with Crippen LogP contribution in [0.4, 0.5) is 0 Å². The molecule has 0 fully saturated rings. The van der Waals surface area contributed by atoms with Crippen LogP contribution in [0.25, 0.3) is 0 Å². The predicted octanol–water partition coefficient (Wildman–Crippen LogP) is 1.87. The number of aryl methyl sites for hydroxylation is 2. The number of sulfone groups is 1. The Morgan fingerprint density at radius 2 is 1.72 bits per heavy atom. The van der Waals surface area contributed by atoms with Crippen LogP contribution < -0.4 is 5.32 Å². The Morgan fingerprint density at radius 3 is 2.17 bits per heavy atom. The lowest BCUT2D eigenvalue weighted by molar-refractivity contribution is 0.545. The van der Waals surface area contributed by atoms with Crippen molar-refractivity contribution >= 4 is 9.84 Å². The van der Waals surface area contributed by atoms with Crippen LogP contribution >= 0.6 is 0 Å². The van der Waals surface area contributed by atoms with Gasteiger partial charge in [0.25, 0.3) is 0 Å². The van der Waals surface area contributed by atoms with Crippen LogP contribution in [0.3, 0.4) is 0 Å². The Labute approximate surface area is 111 Å². The second-order valence-corrected chi connectivity index (χ2v) is 7.23. The van der Waals surface area contributed by atoms with E-state index in [1.165, 1.54) is 22.9 Å². The van der Waals surface area contributed by atoms with Crippen molar-refractivity contribution in [2.75, 3.05) is 18.6 Å². The largest absolute Gasteiger partial charge is 0.313 e. The summed E-state index contributed by atoms with van der Waals surface area (Å²) in [7, 11) is -2.95. The fourth-order valence-corrected chi connectivity index (χ4v) is 3.28. The van der Waals surface area contributed by atoms with Gasteiger partial charge < -0.3 is 5.32 Å². The minimum Gasteiger partial charge on any atom is -0.313 e. The molecule has 0 radical (unpaired) electrons. The lowest BCUT2D eigenvalue weighted by Gasteiger charge is -2.17. The molecule has 1 atom stereocenters. The molecule has 1 N–H and O–H groups in total. The summed E-state index contributed by atoms with van der Waals surface area (Å²) in [5.41, 5.74) is 3.64. The zero-order chi connectivity index (χ0) is 13.8. The van der Waals surface area contributed by atoms with Crippen LogP contribution in [0.15, 0.2) is 18.2 Å². The minimum atomic E-state index is -2.95. The van der Waals surface area contributed by atoms with E-state index in [0.717, 1.165) is 13.0 Å². The van der Waals surface area contributed by atoms with Gasteiger partial charge >= 0.3 is 0 Å². The summed E-state index contributed by atoms with van der Waals surface area (Å²) in [5.74, 6) is 0.188. The molecule has 3 nitrogen and oxygen atoms in total. The lowest BCUT2D eigenvalue weighted by Crippen LogP contribution is -2.37. The topological polar surface area (TPSA) is 46.2 Å². The standard InChI is InChI=1S/C14H23NO2S/c1-5-15-14(10-18(4,16)17)9-13-7-11(2)6-12(3)8-13/h6-8,14-15H,5,9-10H2,1-4H3. The summed E-state index contributed by atoms with van der Waals surface area (Å²) in [4.78, 5) is 0. The maximum absolute atomic E-state index is 11.4. The summed E-state index contributed by atoms with van der Waals surface area (Å²) in [5, 5.41) is 3.25. The lowest BCUT2D eigenvalue weighted by atomic mass is 10.0. The summed E-state index contributed by atoms with van der Waals surface area (Å²) in [6, 6.07) is 6.37. The van der Waals surface area contributed by atoms with Crippen molar-refractivity contribution in [2.24, 2.45) is 0 Å². The van der Waals surface area contributed by atoms with Crippen LogP contribution in [0.2, 0.25) is 0 Å². The third-order valence-electron chi connectivity index (χ3n) is 2.76. The highest BCUT2D eigenvalue weighted by atomic mass is 32.2. The molecule has 0 aliphatic carbocycles. The van der Waals surface area contributed by atoms with E-state index in [4.69, 9.17) is 0 Å². The number of benzene rings is 1. The Morgan fingerprint density at radius 1 is 1.17 bits per heavy atom. The molecule has 0 saturated carbocycles. The number of hydrogen-bond donors (Lipinski definition) is 1. The van der Waals surface area contributed by atoms with E-state index in [2.05, 4.69) is 37.4 Å². The normalized spacial score (nSPS) is 13.6. The predicted molar refractivity (Wildman–Crippen MR) is 76.8 cm³/mol. The van der Waals surface area contributed by atoms with Crippen molar-refractivity contribution in [1.29, 1.82) is 0 Å². The van der Waals surface area contributed by atoms with Gasteiger partial charge in [0.2, 0.25) is 0 Å². The number of likely N-dealkylation sites (N-methyl/N-ethyl adjacent to an activating group) is 1. The van der Waals surface area contributed by atoms with E-state index in [9.17, 15) is 8.42 Å². The molecule has 1 rings (SSSR count). The van der Waals surface area contributed by atoms with Gasteiger partial charge in [-0.1, -0.05) is 36.2 Å². The van der Waals surface area contributed by atoms with E-state index in [1.54, 1.807) is 0 Å². The van der Waals surface area contributed by atoms with Crippen molar-refractivity contribution in [1.82, 2.24) is 5.32 Å². The van der Waals surface area contributed by atoms with Crippen LogP contribution in [-0.4, -0.2) is 33.0 Å². The van der Waals surface area contributed by atoms with Crippen molar-refractivity contribution in [3.63, 3.8) is 0 Å². The van der Waals surface area contributed by atoms with Crippen LogP contribution in [0.5, 0.6) is 0 Å². The second kappa shape index (κ2) is 6.34. The van der Waals surface area contributed by atoms with Gasteiger partial charge in [-0.25, -0.2) is 8.42 Å². The van der Waals surface area contributed by atoms with Crippen LogP contribution in [0, 0.1) is 13.8 Å². The van der Waals surface area contributed by atoms with Gasteiger partial charge in [-0.3, -0.25) is 0 Å². The quantitative estimate of drug-likeness (QED) is 0.857. The zero-order valence-corrected chi connectivity index (χ0v) is 12.5. The van der Waals surface area contributed by atoms with E-state index >= 15 is 0 Å². The molecular weight excluding hydrogens is 246 g/mol. The first-order valence-corrected chi connectivity index (χ1v) is 8.34. The molecule has 1 aromatic rings. The summed E-state index contributed by atoms with van der Waals surface area (Å²) in [6.45, 7) is 6.91. The highest BCUT2D eigenvalue weighted by Gasteiger charge is 2.15. The highest BCUT2D eigenvalue weighted by Crippen LogP contribution is 2.11. The molecule has 0 aliphatic rings. The van der Waals surface area contributed by atoms with E-state index in [-0.39, 0.29) is 11.8 Å². The summed E-state index contributed by atoms with van der Waals surface area (Å²) < 4.78 is 22.8. The minimum absolute atomic E-state index is 0.00815. The smallest absolute Gasteiger partial charge is 0.148 e. The summed E-state index contributed by atoms with van der Waals surface area (Å²) >= 11 is 0. The Balaban J connectivity index is 2.82. The second-order valence-electron chi connectivity index (χ2n) is 5.05. The van der Waals surface area contributed by atoms with E-state index in [0.29, 0.717) is 0 Å². The number of rotatable bonds is 6. The molecule has 0 aliphatic heterocycles. The van der Waals surface area contributed by atoms with Crippen molar-refractivity contribution in [2.45, 2.75) is 33.2 Å². The third-order valence-corrected chi connectivity index (χ3v) is 3.77. The van der Waals surface area contributed by atoms with Gasteiger partial charge in [-0.15, -0.1) is 0 Å².